The number of rotatable bonds is 11. The highest BCUT2D eigenvalue weighted by molar-refractivity contribution is 6.33. The third kappa shape index (κ3) is 5.87. The summed E-state index contributed by atoms with van der Waals surface area (Å²) in [5.74, 6) is 0.356. The lowest BCUT2D eigenvalue weighted by molar-refractivity contribution is 0.0952. The largest absolute Gasteiger partial charge is 0.360 e. The smallest absolute Gasteiger partial charge is 0.257 e. The van der Waals surface area contributed by atoms with E-state index in [4.69, 9.17) is 16.1 Å². The average Bonchev–Trinajstić information content (AvgIpc) is 3.02. The lowest BCUT2D eigenvalue weighted by Crippen LogP contribution is -2.25. The van der Waals surface area contributed by atoms with Crippen LogP contribution in [0.5, 0.6) is 0 Å². The zero-order valence-electron chi connectivity index (χ0n) is 15.8. The van der Waals surface area contributed by atoms with Gasteiger partial charge < -0.3 is 9.84 Å². The predicted molar refractivity (Wildman–Crippen MR) is 107 cm³/mol. The van der Waals surface area contributed by atoms with Gasteiger partial charge in [-0.25, -0.2) is 0 Å². The summed E-state index contributed by atoms with van der Waals surface area (Å²) in [6.45, 7) is 4.65. The van der Waals surface area contributed by atoms with Gasteiger partial charge in [0.15, 0.2) is 0 Å². The SMILES string of the molecule is CCCCCCCCCCNC(=O)c1c(-c2ccccc2Cl)noc1C. The first-order valence-electron chi connectivity index (χ1n) is 9.64. The molecule has 0 bridgehead atoms. The van der Waals surface area contributed by atoms with E-state index in [1.165, 1.54) is 38.5 Å². The highest BCUT2D eigenvalue weighted by atomic mass is 35.5. The first kappa shape index (κ1) is 20.5. The molecule has 2 aromatic rings. The minimum atomic E-state index is -0.151. The molecule has 0 aliphatic carbocycles. The molecule has 0 saturated heterocycles. The quantitative estimate of drug-likeness (QED) is 0.477. The molecule has 0 spiro atoms. The Hall–Kier alpha value is -1.81. The number of carbonyl (C=O) groups is 1. The standard InChI is InChI=1S/C21H29ClN2O2/c1-3-4-5-6-7-8-9-12-15-23-21(25)19-16(2)26-24-20(19)17-13-10-11-14-18(17)22/h10-11,13-14H,3-9,12,15H2,1-2H3,(H,23,25). The topological polar surface area (TPSA) is 55.1 Å². The van der Waals surface area contributed by atoms with Crippen LogP contribution in [0.1, 0.15) is 74.4 Å². The van der Waals surface area contributed by atoms with Crippen molar-refractivity contribution >= 4 is 17.5 Å². The van der Waals surface area contributed by atoms with Gasteiger partial charge in [-0.1, -0.05) is 86.8 Å². The van der Waals surface area contributed by atoms with Gasteiger partial charge in [0, 0.05) is 12.1 Å². The number of benzene rings is 1. The minimum Gasteiger partial charge on any atom is -0.360 e. The van der Waals surface area contributed by atoms with Crippen molar-refractivity contribution in [3.63, 3.8) is 0 Å². The van der Waals surface area contributed by atoms with Crippen LogP contribution in [0.15, 0.2) is 28.8 Å². The van der Waals surface area contributed by atoms with E-state index in [1.807, 2.05) is 18.2 Å². The van der Waals surface area contributed by atoms with Gasteiger partial charge in [-0.15, -0.1) is 0 Å². The molecule has 0 aliphatic heterocycles. The summed E-state index contributed by atoms with van der Waals surface area (Å²) in [5.41, 5.74) is 1.68. The molecule has 0 saturated carbocycles. The fourth-order valence-corrected chi connectivity index (χ4v) is 3.25. The number of hydrogen-bond acceptors (Lipinski definition) is 3. The number of aryl methyl sites for hydroxylation is 1. The Bertz CT molecular complexity index is 697. The zero-order chi connectivity index (χ0) is 18.8. The molecule has 0 fully saturated rings. The molecule has 1 aromatic carbocycles. The molecule has 0 atom stereocenters. The monoisotopic (exact) mass is 376 g/mol. The van der Waals surface area contributed by atoms with Crippen molar-refractivity contribution in [2.45, 2.75) is 65.2 Å². The molecule has 0 unspecified atom stereocenters. The molecule has 1 N–H and O–H groups in total. The van der Waals surface area contributed by atoms with Crippen molar-refractivity contribution in [3.05, 3.63) is 40.6 Å². The van der Waals surface area contributed by atoms with Crippen LogP contribution < -0.4 is 5.32 Å². The molecule has 0 radical (unpaired) electrons. The number of amides is 1. The van der Waals surface area contributed by atoms with Crippen LogP contribution in [-0.2, 0) is 0 Å². The van der Waals surface area contributed by atoms with Crippen LogP contribution in [-0.4, -0.2) is 17.6 Å². The Balaban J connectivity index is 1.82. The average molecular weight is 377 g/mol. The van der Waals surface area contributed by atoms with Crippen LogP contribution in [0.3, 0.4) is 0 Å². The van der Waals surface area contributed by atoms with Gasteiger partial charge in [-0.05, 0) is 19.4 Å². The molecular weight excluding hydrogens is 348 g/mol. The van der Waals surface area contributed by atoms with E-state index in [0.717, 1.165) is 12.8 Å². The Morgan fingerprint density at radius 1 is 1.08 bits per heavy atom. The number of unbranched alkanes of at least 4 members (excludes halogenated alkanes) is 7. The van der Waals surface area contributed by atoms with E-state index in [0.29, 0.717) is 34.1 Å². The number of nitrogens with one attached hydrogen (secondary N) is 1. The Kier molecular flexibility index (Phi) is 8.69. The maximum Gasteiger partial charge on any atom is 0.257 e. The number of aromatic nitrogens is 1. The van der Waals surface area contributed by atoms with E-state index < -0.39 is 0 Å². The second-order valence-electron chi connectivity index (χ2n) is 6.67. The number of halogens is 1. The molecule has 2 rings (SSSR count). The Morgan fingerprint density at radius 2 is 1.73 bits per heavy atom. The summed E-state index contributed by atoms with van der Waals surface area (Å²) in [6.07, 6.45) is 9.93. The second kappa shape index (κ2) is 11.0. The first-order chi connectivity index (χ1) is 12.6. The van der Waals surface area contributed by atoms with Crippen molar-refractivity contribution in [1.29, 1.82) is 0 Å². The number of carbonyl (C=O) groups excluding carboxylic acids is 1. The normalized spacial score (nSPS) is 10.9. The Morgan fingerprint density at radius 3 is 2.42 bits per heavy atom. The van der Waals surface area contributed by atoms with Crippen molar-refractivity contribution in [3.8, 4) is 11.3 Å². The number of hydrogen-bond donors (Lipinski definition) is 1. The van der Waals surface area contributed by atoms with E-state index in [9.17, 15) is 4.79 Å². The molecule has 142 valence electrons. The summed E-state index contributed by atoms with van der Waals surface area (Å²) < 4.78 is 5.25. The van der Waals surface area contributed by atoms with Crippen molar-refractivity contribution in [2.75, 3.05) is 6.54 Å². The van der Waals surface area contributed by atoms with E-state index in [-0.39, 0.29) is 5.91 Å². The van der Waals surface area contributed by atoms with Gasteiger partial charge >= 0.3 is 0 Å². The highest BCUT2D eigenvalue weighted by Gasteiger charge is 2.22. The fourth-order valence-electron chi connectivity index (χ4n) is 3.03. The molecule has 26 heavy (non-hydrogen) atoms. The van der Waals surface area contributed by atoms with Gasteiger partial charge in [0.25, 0.3) is 5.91 Å². The van der Waals surface area contributed by atoms with Crippen molar-refractivity contribution < 1.29 is 9.32 Å². The summed E-state index contributed by atoms with van der Waals surface area (Å²) in [7, 11) is 0. The lowest BCUT2D eigenvalue weighted by atomic mass is 10.1. The van der Waals surface area contributed by atoms with Gasteiger partial charge in [0.1, 0.15) is 17.0 Å². The summed E-state index contributed by atoms with van der Waals surface area (Å²) >= 11 is 6.24. The van der Waals surface area contributed by atoms with Crippen molar-refractivity contribution in [2.24, 2.45) is 0 Å². The molecule has 1 amide bonds. The third-order valence-corrected chi connectivity index (χ3v) is 4.86. The summed E-state index contributed by atoms with van der Waals surface area (Å²) in [6, 6.07) is 7.34. The van der Waals surface area contributed by atoms with E-state index in [1.54, 1.807) is 13.0 Å². The third-order valence-electron chi connectivity index (χ3n) is 4.53. The zero-order valence-corrected chi connectivity index (χ0v) is 16.6. The van der Waals surface area contributed by atoms with Crippen LogP contribution in [0, 0.1) is 6.92 Å². The Labute approximate surface area is 161 Å². The van der Waals surface area contributed by atoms with Gasteiger partial charge in [-0.2, -0.15) is 0 Å². The maximum absolute atomic E-state index is 12.6. The highest BCUT2D eigenvalue weighted by Crippen LogP contribution is 2.30. The molecule has 1 aromatic heterocycles. The molecule has 4 nitrogen and oxygen atoms in total. The maximum atomic E-state index is 12.6. The summed E-state index contributed by atoms with van der Waals surface area (Å²) in [5, 5.41) is 7.58. The second-order valence-corrected chi connectivity index (χ2v) is 7.08. The van der Waals surface area contributed by atoms with Gasteiger partial charge in [0.05, 0.1) is 5.02 Å². The van der Waals surface area contributed by atoms with Crippen LogP contribution in [0.2, 0.25) is 5.02 Å². The number of nitrogens with zero attached hydrogens (tertiary/aromatic N) is 1. The van der Waals surface area contributed by atoms with Gasteiger partial charge in [0.2, 0.25) is 0 Å². The molecule has 1 heterocycles. The minimum absolute atomic E-state index is 0.151. The van der Waals surface area contributed by atoms with Crippen molar-refractivity contribution in [1.82, 2.24) is 10.5 Å². The first-order valence-corrected chi connectivity index (χ1v) is 10.0. The van der Waals surface area contributed by atoms with Crippen LogP contribution >= 0.6 is 11.6 Å². The molecule has 5 heteroatoms. The van der Waals surface area contributed by atoms with Crippen LogP contribution in [0.4, 0.5) is 0 Å². The fraction of sp³-hybridized carbons (Fsp3) is 0.524. The van der Waals surface area contributed by atoms with E-state index in [2.05, 4.69) is 17.4 Å². The van der Waals surface area contributed by atoms with Gasteiger partial charge in [-0.3, -0.25) is 4.79 Å². The van der Waals surface area contributed by atoms with Crippen LogP contribution in [0.25, 0.3) is 11.3 Å². The van der Waals surface area contributed by atoms with E-state index >= 15 is 0 Å². The molecule has 0 aliphatic rings. The predicted octanol–water partition coefficient (Wildman–Crippen LogP) is 6.17. The molecular formula is C21H29ClN2O2. The lowest BCUT2D eigenvalue weighted by Gasteiger charge is -2.07. The summed E-state index contributed by atoms with van der Waals surface area (Å²) in [4.78, 5) is 12.6.